The molecule has 0 saturated carbocycles. The Kier molecular flexibility index (Phi) is 2.60. The smallest absolute Gasteiger partial charge is 0.141 e. The van der Waals surface area contributed by atoms with Gasteiger partial charge in [-0.05, 0) is 6.92 Å². The van der Waals surface area contributed by atoms with Gasteiger partial charge in [0.25, 0.3) is 0 Å². The second kappa shape index (κ2) is 3.89. The fraction of sp³-hybridized carbons (Fsp3) is 0.333. The molecule has 0 aliphatic carbocycles. The van der Waals surface area contributed by atoms with E-state index in [4.69, 9.17) is 5.73 Å². The minimum atomic E-state index is 0.130. The highest BCUT2D eigenvalue weighted by Gasteiger charge is 2.06. The molecule has 5 heteroatoms. The molecule has 3 N–H and O–H groups in total. The Balaban J connectivity index is 2.18. The molecule has 4 nitrogen and oxygen atoms in total. The first-order valence-electron chi connectivity index (χ1n) is 4.45. The van der Waals surface area contributed by atoms with E-state index in [9.17, 15) is 0 Å². The van der Waals surface area contributed by atoms with Crippen molar-refractivity contribution in [3.63, 3.8) is 0 Å². The molecule has 0 aromatic carbocycles. The number of hydrogen-bond acceptors (Lipinski definition) is 4. The normalized spacial score (nSPS) is 13.0. The molecule has 2 aromatic heterocycles. The lowest BCUT2D eigenvalue weighted by Crippen LogP contribution is -2.18. The van der Waals surface area contributed by atoms with Gasteiger partial charge in [0.15, 0.2) is 0 Å². The van der Waals surface area contributed by atoms with Crippen molar-refractivity contribution in [1.29, 1.82) is 0 Å². The lowest BCUT2D eigenvalue weighted by molar-refractivity contribution is 0.710. The molecule has 2 aromatic rings. The van der Waals surface area contributed by atoms with E-state index in [2.05, 4.69) is 15.0 Å². The zero-order valence-corrected chi connectivity index (χ0v) is 8.71. The Bertz CT molecular complexity index is 391. The SMILES string of the molecule is CC(N)Cc1ncc(-c2nccs2)[nH]1. The van der Waals surface area contributed by atoms with Gasteiger partial charge in [0.1, 0.15) is 10.8 Å². The quantitative estimate of drug-likeness (QED) is 0.801. The molecule has 14 heavy (non-hydrogen) atoms. The Hall–Kier alpha value is -1.20. The topological polar surface area (TPSA) is 67.6 Å². The van der Waals surface area contributed by atoms with Gasteiger partial charge in [-0.3, -0.25) is 0 Å². The van der Waals surface area contributed by atoms with Crippen molar-refractivity contribution in [2.45, 2.75) is 19.4 Å². The van der Waals surface area contributed by atoms with Gasteiger partial charge in [0.2, 0.25) is 0 Å². The van der Waals surface area contributed by atoms with Gasteiger partial charge in [-0.15, -0.1) is 11.3 Å². The average molecular weight is 208 g/mol. The maximum atomic E-state index is 5.68. The molecule has 0 saturated heterocycles. The summed E-state index contributed by atoms with van der Waals surface area (Å²) in [6, 6.07) is 0.130. The highest BCUT2D eigenvalue weighted by molar-refractivity contribution is 7.13. The number of thiazole rings is 1. The predicted octanol–water partition coefficient (Wildman–Crippen LogP) is 1.42. The van der Waals surface area contributed by atoms with E-state index in [1.54, 1.807) is 23.7 Å². The fourth-order valence-electron chi connectivity index (χ4n) is 1.24. The van der Waals surface area contributed by atoms with Crippen LogP contribution in [0, 0.1) is 0 Å². The molecule has 0 spiro atoms. The summed E-state index contributed by atoms with van der Waals surface area (Å²) in [4.78, 5) is 11.6. The first kappa shape index (κ1) is 9.36. The van der Waals surface area contributed by atoms with Crippen molar-refractivity contribution in [2.75, 3.05) is 0 Å². The number of H-pyrrole nitrogens is 1. The van der Waals surface area contributed by atoms with Crippen LogP contribution in [0.15, 0.2) is 17.8 Å². The van der Waals surface area contributed by atoms with Gasteiger partial charge in [0.05, 0.1) is 11.9 Å². The molecule has 2 heterocycles. The maximum Gasteiger partial charge on any atom is 0.141 e. The second-order valence-electron chi connectivity index (χ2n) is 3.26. The van der Waals surface area contributed by atoms with Crippen molar-refractivity contribution < 1.29 is 0 Å². The van der Waals surface area contributed by atoms with E-state index in [1.807, 2.05) is 12.3 Å². The third kappa shape index (κ3) is 2.00. The van der Waals surface area contributed by atoms with Crippen LogP contribution in [0.5, 0.6) is 0 Å². The number of nitrogens with two attached hydrogens (primary N) is 1. The van der Waals surface area contributed by atoms with Crippen molar-refractivity contribution in [3.05, 3.63) is 23.6 Å². The number of aromatic amines is 1. The molecule has 1 atom stereocenters. The van der Waals surface area contributed by atoms with Crippen LogP contribution in [0.4, 0.5) is 0 Å². The molecule has 0 aliphatic heterocycles. The summed E-state index contributed by atoms with van der Waals surface area (Å²) in [5.41, 5.74) is 6.65. The minimum absolute atomic E-state index is 0.130. The molecular formula is C9H12N4S. The third-order valence-electron chi connectivity index (χ3n) is 1.81. The summed E-state index contributed by atoms with van der Waals surface area (Å²) in [5, 5.41) is 2.91. The summed E-state index contributed by atoms with van der Waals surface area (Å²) < 4.78 is 0. The van der Waals surface area contributed by atoms with Crippen molar-refractivity contribution in [2.24, 2.45) is 5.73 Å². The van der Waals surface area contributed by atoms with Gasteiger partial charge in [0, 0.05) is 24.0 Å². The molecular weight excluding hydrogens is 196 g/mol. The minimum Gasteiger partial charge on any atom is -0.340 e. The zero-order valence-electron chi connectivity index (χ0n) is 7.90. The van der Waals surface area contributed by atoms with Crippen molar-refractivity contribution in [1.82, 2.24) is 15.0 Å². The van der Waals surface area contributed by atoms with Crippen LogP contribution >= 0.6 is 11.3 Å². The number of nitrogens with zero attached hydrogens (tertiary/aromatic N) is 2. The largest absolute Gasteiger partial charge is 0.340 e. The van der Waals surface area contributed by atoms with Crippen LogP contribution < -0.4 is 5.73 Å². The van der Waals surface area contributed by atoms with E-state index < -0.39 is 0 Å². The number of rotatable bonds is 3. The summed E-state index contributed by atoms with van der Waals surface area (Å²) in [6.45, 7) is 1.96. The highest BCUT2D eigenvalue weighted by Crippen LogP contribution is 2.19. The summed E-state index contributed by atoms with van der Waals surface area (Å²) in [5.74, 6) is 0.921. The monoisotopic (exact) mass is 208 g/mol. The van der Waals surface area contributed by atoms with Crippen LogP contribution in [-0.2, 0) is 6.42 Å². The van der Waals surface area contributed by atoms with E-state index >= 15 is 0 Å². The van der Waals surface area contributed by atoms with Crippen molar-refractivity contribution in [3.8, 4) is 10.7 Å². The van der Waals surface area contributed by atoms with Gasteiger partial charge in [-0.25, -0.2) is 9.97 Å². The van der Waals surface area contributed by atoms with E-state index in [0.717, 1.165) is 22.9 Å². The van der Waals surface area contributed by atoms with Crippen LogP contribution in [0.1, 0.15) is 12.7 Å². The Morgan fingerprint density at radius 3 is 3.07 bits per heavy atom. The maximum absolute atomic E-state index is 5.68. The first-order chi connectivity index (χ1) is 6.75. The van der Waals surface area contributed by atoms with Crippen LogP contribution in [0.3, 0.4) is 0 Å². The summed E-state index contributed by atoms with van der Waals surface area (Å²) in [7, 11) is 0. The summed E-state index contributed by atoms with van der Waals surface area (Å²) in [6.07, 6.45) is 4.36. The van der Waals surface area contributed by atoms with Gasteiger partial charge in [-0.1, -0.05) is 0 Å². The molecule has 74 valence electrons. The van der Waals surface area contributed by atoms with E-state index in [-0.39, 0.29) is 6.04 Å². The fourth-order valence-corrected chi connectivity index (χ4v) is 1.84. The average Bonchev–Trinajstić information content (AvgIpc) is 2.69. The first-order valence-corrected chi connectivity index (χ1v) is 5.33. The van der Waals surface area contributed by atoms with Gasteiger partial charge < -0.3 is 10.7 Å². The number of aromatic nitrogens is 3. The van der Waals surface area contributed by atoms with E-state index in [1.165, 1.54) is 0 Å². The lowest BCUT2D eigenvalue weighted by Gasteiger charge is -1.99. The van der Waals surface area contributed by atoms with Crippen LogP contribution in [0.2, 0.25) is 0 Å². The van der Waals surface area contributed by atoms with Crippen molar-refractivity contribution >= 4 is 11.3 Å². The third-order valence-corrected chi connectivity index (χ3v) is 2.61. The number of hydrogen-bond donors (Lipinski definition) is 2. The Labute approximate surface area is 86.2 Å². The van der Waals surface area contributed by atoms with Crippen LogP contribution in [-0.4, -0.2) is 21.0 Å². The standard InChI is InChI=1S/C9H12N4S/c1-6(10)4-8-12-5-7(13-8)9-11-2-3-14-9/h2-3,5-6H,4,10H2,1H3,(H,12,13). The molecule has 0 bridgehead atoms. The Morgan fingerprint density at radius 1 is 1.57 bits per heavy atom. The molecule has 0 radical (unpaired) electrons. The molecule has 0 fully saturated rings. The second-order valence-corrected chi connectivity index (χ2v) is 4.16. The molecule has 1 unspecified atom stereocenters. The number of nitrogens with one attached hydrogen (secondary N) is 1. The lowest BCUT2D eigenvalue weighted by atomic mass is 10.2. The zero-order chi connectivity index (χ0) is 9.97. The number of imidazole rings is 1. The highest BCUT2D eigenvalue weighted by atomic mass is 32.1. The Morgan fingerprint density at radius 2 is 2.43 bits per heavy atom. The summed E-state index contributed by atoms with van der Waals surface area (Å²) >= 11 is 1.59. The predicted molar refractivity (Wildman–Crippen MR) is 57.0 cm³/mol. The van der Waals surface area contributed by atoms with Gasteiger partial charge in [-0.2, -0.15) is 0 Å². The molecule has 2 rings (SSSR count). The molecule has 0 amide bonds. The van der Waals surface area contributed by atoms with Gasteiger partial charge >= 0.3 is 0 Å². The van der Waals surface area contributed by atoms with Crippen LogP contribution in [0.25, 0.3) is 10.7 Å². The molecule has 0 aliphatic rings. The van der Waals surface area contributed by atoms with E-state index in [0.29, 0.717) is 0 Å².